The predicted octanol–water partition coefficient (Wildman–Crippen LogP) is 5.48. The SMILES string of the molecule is Cc1ccc2c(cnn2-c2cc(C)c(-n3ccc4cc(N)ccc43)cc2C)c1. The average molecular weight is 366 g/mol. The summed E-state index contributed by atoms with van der Waals surface area (Å²) in [6, 6.07) is 19.1. The molecule has 5 rings (SSSR count). The van der Waals surface area contributed by atoms with E-state index < -0.39 is 0 Å². The second-order valence-electron chi connectivity index (χ2n) is 7.55. The topological polar surface area (TPSA) is 48.8 Å². The van der Waals surface area contributed by atoms with Crippen molar-refractivity contribution >= 4 is 27.5 Å². The van der Waals surface area contributed by atoms with Gasteiger partial charge in [0, 0.05) is 28.3 Å². The molecule has 0 aliphatic heterocycles. The third-order valence-electron chi connectivity index (χ3n) is 5.44. The number of nitrogens with two attached hydrogens (primary N) is 1. The number of rotatable bonds is 2. The van der Waals surface area contributed by atoms with Gasteiger partial charge < -0.3 is 10.3 Å². The van der Waals surface area contributed by atoms with Gasteiger partial charge in [-0.3, -0.25) is 0 Å². The standard InChI is InChI=1S/C24H22N4/c1-15-4-6-22-19(10-15)14-26-28(22)24-12-16(2)23(11-17(24)3)27-9-8-18-13-20(25)5-7-21(18)27/h4-14H,25H2,1-3H3. The van der Waals surface area contributed by atoms with Gasteiger partial charge in [0.15, 0.2) is 0 Å². The number of benzene rings is 3. The summed E-state index contributed by atoms with van der Waals surface area (Å²) in [5.74, 6) is 0. The zero-order chi connectivity index (χ0) is 19.4. The molecule has 0 atom stereocenters. The van der Waals surface area contributed by atoms with Gasteiger partial charge in [-0.15, -0.1) is 0 Å². The van der Waals surface area contributed by atoms with Crippen LogP contribution in [0.5, 0.6) is 0 Å². The van der Waals surface area contributed by atoms with Crippen molar-refractivity contribution in [2.24, 2.45) is 0 Å². The van der Waals surface area contributed by atoms with Gasteiger partial charge in [0.1, 0.15) is 0 Å². The number of hydrogen-bond donors (Lipinski definition) is 1. The molecular weight excluding hydrogens is 344 g/mol. The van der Waals surface area contributed by atoms with Crippen molar-refractivity contribution in [1.29, 1.82) is 0 Å². The first-order chi connectivity index (χ1) is 13.5. The Hall–Kier alpha value is -3.53. The van der Waals surface area contributed by atoms with E-state index in [0.717, 1.165) is 33.2 Å². The highest BCUT2D eigenvalue weighted by Gasteiger charge is 2.13. The second kappa shape index (κ2) is 5.99. The maximum Gasteiger partial charge on any atom is 0.0741 e. The quantitative estimate of drug-likeness (QED) is 0.421. The Kier molecular flexibility index (Phi) is 3.56. The normalized spacial score (nSPS) is 11.5. The van der Waals surface area contributed by atoms with Gasteiger partial charge in [0.2, 0.25) is 0 Å². The van der Waals surface area contributed by atoms with E-state index in [0.29, 0.717) is 0 Å². The number of hydrogen-bond acceptors (Lipinski definition) is 2. The third-order valence-corrected chi connectivity index (χ3v) is 5.44. The van der Waals surface area contributed by atoms with E-state index in [2.05, 4.69) is 79.1 Å². The summed E-state index contributed by atoms with van der Waals surface area (Å²) in [7, 11) is 0. The smallest absolute Gasteiger partial charge is 0.0741 e. The van der Waals surface area contributed by atoms with Crippen LogP contribution in [0.15, 0.2) is 67.0 Å². The van der Waals surface area contributed by atoms with Crippen molar-refractivity contribution in [3.05, 3.63) is 83.7 Å². The van der Waals surface area contributed by atoms with Crippen LogP contribution in [0.2, 0.25) is 0 Å². The van der Waals surface area contributed by atoms with Crippen molar-refractivity contribution < 1.29 is 0 Å². The van der Waals surface area contributed by atoms with Crippen LogP contribution in [0, 0.1) is 20.8 Å². The first kappa shape index (κ1) is 16.6. The zero-order valence-corrected chi connectivity index (χ0v) is 16.3. The molecule has 0 amide bonds. The fourth-order valence-corrected chi connectivity index (χ4v) is 3.99. The molecule has 0 fully saturated rings. The number of nitrogen functional groups attached to an aromatic ring is 1. The summed E-state index contributed by atoms with van der Waals surface area (Å²) in [4.78, 5) is 0. The van der Waals surface area contributed by atoms with Crippen molar-refractivity contribution in [2.75, 3.05) is 5.73 Å². The van der Waals surface area contributed by atoms with Crippen LogP contribution in [0.3, 0.4) is 0 Å². The van der Waals surface area contributed by atoms with Crippen LogP contribution >= 0.6 is 0 Å². The minimum absolute atomic E-state index is 0.786. The van der Waals surface area contributed by atoms with Crippen molar-refractivity contribution in [3.63, 3.8) is 0 Å². The molecule has 2 aromatic heterocycles. The first-order valence-corrected chi connectivity index (χ1v) is 9.44. The lowest BCUT2D eigenvalue weighted by molar-refractivity contribution is 0.898. The first-order valence-electron chi connectivity index (χ1n) is 9.44. The summed E-state index contributed by atoms with van der Waals surface area (Å²) in [5.41, 5.74) is 14.9. The van der Waals surface area contributed by atoms with Crippen LogP contribution in [0.4, 0.5) is 5.69 Å². The highest BCUT2D eigenvalue weighted by atomic mass is 15.3. The van der Waals surface area contributed by atoms with Crippen molar-refractivity contribution in [2.45, 2.75) is 20.8 Å². The van der Waals surface area contributed by atoms with E-state index in [1.54, 1.807) is 0 Å². The molecule has 4 heteroatoms. The van der Waals surface area contributed by atoms with Crippen LogP contribution in [-0.4, -0.2) is 14.3 Å². The lowest BCUT2D eigenvalue weighted by atomic mass is 10.1. The van der Waals surface area contributed by atoms with E-state index >= 15 is 0 Å². The fraction of sp³-hybridized carbons (Fsp3) is 0.125. The molecule has 0 radical (unpaired) electrons. The van der Waals surface area contributed by atoms with Crippen molar-refractivity contribution in [1.82, 2.24) is 14.3 Å². The number of fused-ring (bicyclic) bond motifs is 2. The summed E-state index contributed by atoms with van der Waals surface area (Å²) in [5, 5.41) is 6.97. The van der Waals surface area contributed by atoms with Gasteiger partial charge in [-0.1, -0.05) is 11.6 Å². The maximum absolute atomic E-state index is 5.94. The fourth-order valence-electron chi connectivity index (χ4n) is 3.99. The largest absolute Gasteiger partial charge is 0.399 e. The molecule has 2 N–H and O–H groups in total. The Morgan fingerprint density at radius 3 is 2.36 bits per heavy atom. The minimum Gasteiger partial charge on any atom is -0.399 e. The molecule has 5 aromatic rings. The van der Waals surface area contributed by atoms with Gasteiger partial charge in [0.25, 0.3) is 0 Å². The lowest BCUT2D eigenvalue weighted by Gasteiger charge is -2.15. The van der Waals surface area contributed by atoms with Gasteiger partial charge in [-0.2, -0.15) is 5.10 Å². The molecule has 0 spiro atoms. The second-order valence-corrected chi connectivity index (χ2v) is 7.55. The van der Waals surface area contributed by atoms with E-state index in [1.165, 1.54) is 22.4 Å². The Balaban J connectivity index is 1.68. The maximum atomic E-state index is 5.94. The molecule has 0 aliphatic rings. The van der Waals surface area contributed by atoms with Crippen LogP contribution < -0.4 is 5.73 Å². The Morgan fingerprint density at radius 2 is 1.50 bits per heavy atom. The third kappa shape index (κ3) is 2.49. The molecule has 0 unspecified atom stereocenters. The molecule has 2 heterocycles. The zero-order valence-electron chi connectivity index (χ0n) is 16.3. The van der Waals surface area contributed by atoms with Crippen LogP contribution in [0.1, 0.15) is 16.7 Å². The van der Waals surface area contributed by atoms with E-state index in [4.69, 9.17) is 5.73 Å². The van der Waals surface area contributed by atoms with Gasteiger partial charge in [-0.05, 0) is 80.4 Å². The number of aryl methyl sites for hydroxylation is 3. The summed E-state index contributed by atoms with van der Waals surface area (Å²) in [6.45, 7) is 6.40. The summed E-state index contributed by atoms with van der Waals surface area (Å²) in [6.07, 6.45) is 4.05. The van der Waals surface area contributed by atoms with E-state index in [-0.39, 0.29) is 0 Å². The minimum atomic E-state index is 0.786. The molecule has 28 heavy (non-hydrogen) atoms. The molecule has 0 saturated heterocycles. The van der Waals surface area contributed by atoms with Gasteiger partial charge >= 0.3 is 0 Å². The Bertz CT molecular complexity index is 1250. The number of nitrogens with zero attached hydrogens (tertiary/aromatic N) is 3. The molecule has 0 bridgehead atoms. The molecule has 3 aromatic carbocycles. The van der Waals surface area contributed by atoms with Gasteiger partial charge in [-0.25, -0.2) is 4.68 Å². The number of anilines is 1. The summed E-state index contributed by atoms with van der Waals surface area (Å²) >= 11 is 0. The Labute approximate surface area is 163 Å². The highest BCUT2D eigenvalue weighted by Crippen LogP contribution is 2.29. The monoisotopic (exact) mass is 366 g/mol. The predicted molar refractivity (Wildman–Crippen MR) is 117 cm³/mol. The molecule has 0 saturated carbocycles. The summed E-state index contributed by atoms with van der Waals surface area (Å²) < 4.78 is 4.26. The van der Waals surface area contributed by atoms with Gasteiger partial charge in [0.05, 0.1) is 22.9 Å². The van der Waals surface area contributed by atoms with Crippen molar-refractivity contribution in [3.8, 4) is 11.4 Å². The van der Waals surface area contributed by atoms with Crippen LogP contribution in [0.25, 0.3) is 33.2 Å². The van der Waals surface area contributed by atoms with E-state index in [1.807, 2.05) is 23.0 Å². The van der Waals surface area contributed by atoms with E-state index in [9.17, 15) is 0 Å². The van der Waals surface area contributed by atoms with Crippen LogP contribution in [-0.2, 0) is 0 Å². The molecular formula is C24H22N4. The number of aromatic nitrogens is 3. The molecule has 4 nitrogen and oxygen atoms in total. The highest BCUT2D eigenvalue weighted by molar-refractivity contribution is 5.85. The average Bonchev–Trinajstić information content (AvgIpc) is 3.26. The molecule has 0 aliphatic carbocycles. The Morgan fingerprint density at radius 1 is 0.750 bits per heavy atom. The molecule has 138 valence electrons. The lowest BCUT2D eigenvalue weighted by Crippen LogP contribution is -2.03.